The molecule has 0 spiro atoms. The number of halogens is 2. The molecular weight excluding hydrogens is 579 g/mol. The van der Waals surface area contributed by atoms with Gasteiger partial charge in [0.1, 0.15) is 22.8 Å². The second kappa shape index (κ2) is 11.8. The van der Waals surface area contributed by atoms with E-state index in [1.165, 1.54) is 29.6 Å². The van der Waals surface area contributed by atoms with Gasteiger partial charge >= 0.3 is 11.9 Å². The lowest BCUT2D eigenvalue weighted by Crippen LogP contribution is -2.54. The number of esters is 1. The number of carbonyl (C=O) groups excluding carboxylic acids is 1. The molecule has 3 aromatic rings. The number of hydrogen-bond donors (Lipinski definition) is 2. The second-order valence-electron chi connectivity index (χ2n) is 9.97. The van der Waals surface area contributed by atoms with Crippen molar-refractivity contribution in [3.63, 3.8) is 0 Å². The quantitative estimate of drug-likeness (QED) is 0.0730. The first kappa shape index (κ1) is 29.6. The Labute approximate surface area is 244 Å². The summed E-state index contributed by atoms with van der Waals surface area (Å²) in [5.74, 6) is -1.99. The van der Waals surface area contributed by atoms with Gasteiger partial charge in [-0.25, -0.2) is 23.9 Å². The number of imidazole rings is 1. The van der Waals surface area contributed by atoms with Crippen LogP contribution in [-0.2, 0) is 30.2 Å². The van der Waals surface area contributed by atoms with Crippen LogP contribution >= 0.6 is 23.4 Å². The third kappa shape index (κ3) is 5.29. The summed E-state index contributed by atoms with van der Waals surface area (Å²) >= 11 is 7.64. The molecule has 41 heavy (non-hydrogen) atoms. The minimum absolute atomic E-state index is 0.0442. The SMILES string of the molecule is CCCCCSc1nc(Cl)nc2c1ncn2[C@@H]1O[C@@H]2C(OC(Cc3ccccc3)(C(=O)O)C(=O)OCC)[C@]2(O)[C@@H]1F. The molecule has 0 radical (unpaired) electrons. The molecule has 1 saturated carbocycles. The number of ether oxygens (including phenoxy) is 3. The van der Waals surface area contributed by atoms with E-state index < -0.39 is 54.2 Å². The van der Waals surface area contributed by atoms with Crippen LogP contribution in [0.1, 0.15) is 44.9 Å². The summed E-state index contributed by atoms with van der Waals surface area (Å²) in [5, 5.41) is 21.9. The summed E-state index contributed by atoms with van der Waals surface area (Å²) < 4.78 is 33.9. The number of alkyl halides is 1. The zero-order valence-electron chi connectivity index (χ0n) is 22.4. The Balaban J connectivity index is 1.39. The largest absolute Gasteiger partial charge is 0.479 e. The number of thioether (sulfide) groups is 1. The molecule has 0 bridgehead atoms. The number of fused-ring (bicyclic) bond motifs is 2. The Morgan fingerprint density at radius 2 is 2.00 bits per heavy atom. The lowest BCUT2D eigenvalue weighted by atomic mass is 9.94. The van der Waals surface area contributed by atoms with Crippen LogP contribution in [0.15, 0.2) is 41.7 Å². The van der Waals surface area contributed by atoms with Gasteiger partial charge in [0, 0.05) is 6.42 Å². The second-order valence-corrected chi connectivity index (χ2v) is 11.4. The molecule has 1 aliphatic carbocycles. The summed E-state index contributed by atoms with van der Waals surface area (Å²) in [7, 11) is 0. The molecule has 3 heterocycles. The van der Waals surface area contributed by atoms with E-state index in [2.05, 4.69) is 21.9 Å². The average molecular weight is 609 g/mol. The van der Waals surface area contributed by atoms with Crippen LogP contribution in [0.4, 0.5) is 4.39 Å². The summed E-state index contributed by atoms with van der Waals surface area (Å²) in [6.07, 6.45) is -2.08. The summed E-state index contributed by atoms with van der Waals surface area (Å²) in [5.41, 5.74) is -3.64. The van der Waals surface area contributed by atoms with Crippen molar-refractivity contribution in [2.75, 3.05) is 12.4 Å². The topological polar surface area (TPSA) is 146 Å². The highest BCUT2D eigenvalue weighted by atomic mass is 35.5. The van der Waals surface area contributed by atoms with E-state index in [0.29, 0.717) is 16.1 Å². The van der Waals surface area contributed by atoms with Gasteiger partial charge in [-0.05, 0) is 36.3 Å². The third-order valence-electron chi connectivity index (χ3n) is 7.25. The number of unbranched alkanes of at least 4 members (excludes halogenated alkanes) is 2. The highest BCUT2D eigenvalue weighted by Gasteiger charge is 2.80. The van der Waals surface area contributed by atoms with E-state index in [4.69, 9.17) is 25.8 Å². The Bertz CT molecular complexity index is 1430. The van der Waals surface area contributed by atoms with Crippen molar-refractivity contribution in [1.82, 2.24) is 19.5 Å². The van der Waals surface area contributed by atoms with E-state index in [9.17, 15) is 19.8 Å². The minimum Gasteiger partial charge on any atom is -0.479 e. The molecule has 6 atom stereocenters. The molecule has 2 aromatic heterocycles. The summed E-state index contributed by atoms with van der Waals surface area (Å²) in [4.78, 5) is 38.3. The van der Waals surface area contributed by atoms with Crippen LogP contribution < -0.4 is 0 Å². The molecule has 2 N–H and O–H groups in total. The average Bonchev–Trinajstić information content (AvgIpc) is 3.19. The van der Waals surface area contributed by atoms with Crippen molar-refractivity contribution < 1.29 is 38.4 Å². The van der Waals surface area contributed by atoms with Gasteiger partial charge < -0.3 is 24.4 Å². The molecule has 5 rings (SSSR count). The highest BCUT2D eigenvalue weighted by Crippen LogP contribution is 2.58. The number of rotatable bonds is 13. The molecule has 1 aliphatic heterocycles. The predicted molar refractivity (Wildman–Crippen MR) is 146 cm³/mol. The van der Waals surface area contributed by atoms with Crippen molar-refractivity contribution in [2.45, 2.75) is 80.4 Å². The molecule has 11 nitrogen and oxygen atoms in total. The number of hydrogen-bond acceptors (Lipinski definition) is 10. The van der Waals surface area contributed by atoms with E-state index in [0.717, 1.165) is 25.0 Å². The number of nitrogens with zero attached hydrogens (tertiary/aromatic N) is 4. The zero-order valence-corrected chi connectivity index (χ0v) is 24.0. The molecule has 2 aliphatic rings. The maximum absolute atomic E-state index is 15.9. The molecule has 1 aromatic carbocycles. The van der Waals surface area contributed by atoms with Crippen LogP contribution in [0.2, 0.25) is 5.28 Å². The van der Waals surface area contributed by atoms with Crippen LogP contribution in [0.3, 0.4) is 0 Å². The number of aromatic nitrogens is 4. The number of aliphatic hydroxyl groups is 1. The molecule has 14 heteroatoms. The fraction of sp³-hybridized carbons (Fsp3) is 0.519. The van der Waals surface area contributed by atoms with Crippen molar-refractivity contribution in [1.29, 1.82) is 0 Å². The highest BCUT2D eigenvalue weighted by molar-refractivity contribution is 7.99. The van der Waals surface area contributed by atoms with Gasteiger partial charge in [0.25, 0.3) is 5.60 Å². The van der Waals surface area contributed by atoms with E-state index >= 15 is 4.39 Å². The Kier molecular flexibility index (Phi) is 8.53. The zero-order chi connectivity index (χ0) is 29.4. The number of carbonyl (C=O) groups is 2. The number of benzene rings is 1. The Hall–Kier alpha value is -2.84. The maximum atomic E-state index is 15.9. The van der Waals surface area contributed by atoms with Gasteiger partial charge in [-0.3, -0.25) is 4.57 Å². The first-order chi connectivity index (χ1) is 19.7. The number of carboxylic acids is 1. The van der Waals surface area contributed by atoms with Crippen molar-refractivity contribution in [2.24, 2.45) is 0 Å². The van der Waals surface area contributed by atoms with Crippen LogP contribution in [0, 0.1) is 0 Å². The van der Waals surface area contributed by atoms with E-state index in [1.54, 1.807) is 30.3 Å². The maximum Gasteiger partial charge on any atom is 0.350 e. The number of carboxylic acid groups (broad SMARTS) is 1. The molecule has 1 saturated heterocycles. The predicted octanol–water partition coefficient (Wildman–Crippen LogP) is 3.76. The first-order valence-electron chi connectivity index (χ1n) is 13.3. The van der Waals surface area contributed by atoms with Crippen LogP contribution in [0.5, 0.6) is 0 Å². The van der Waals surface area contributed by atoms with Gasteiger partial charge in [0.2, 0.25) is 5.28 Å². The van der Waals surface area contributed by atoms with Gasteiger partial charge in [0.15, 0.2) is 23.6 Å². The van der Waals surface area contributed by atoms with E-state index in [-0.39, 0.29) is 17.5 Å². The standard InChI is InChI=1S/C27H30ClFN4O7S/c1-3-5-9-12-41-21-16-20(31-25(28)32-21)33(14-30-16)22-17(29)27(37)18(39-22)19(27)40-26(23(34)35,24(36)38-4-2)13-15-10-7-6-8-11-15/h6-8,10-11,14,17-19,22,37H,3-5,9,12-13H2,1-2H3,(H,34,35)/t17-,18-,19?,22-,26?,27+/m1/s1. The minimum atomic E-state index is -2.53. The third-order valence-corrected chi connectivity index (χ3v) is 8.47. The van der Waals surface area contributed by atoms with Crippen LogP contribution in [0.25, 0.3) is 11.2 Å². The van der Waals surface area contributed by atoms with E-state index in [1.807, 2.05) is 0 Å². The Morgan fingerprint density at radius 3 is 2.63 bits per heavy atom. The molecule has 220 valence electrons. The van der Waals surface area contributed by atoms with Gasteiger partial charge in [-0.15, -0.1) is 11.8 Å². The van der Waals surface area contributed by atoms with Crippen molar-refractivity contribution >= 4 is 46.5 Å². The fourth-order valence-corrected chi connectivity index (χ4v) is 6.22. The summed E-state index contributed by atoms with van der Waals surface area (Å²) in [6, 6.07) is 8.34. The Morgan fingerprint density at radius 1 is 1.24 bits per heavy atom. The van der Waals surface area contributed by atoms with Crippen LogP contribution in [-0.4, -0.2) is 83.6 Å². The molecular formula is C27H30ClFN4O7S. The van der Waals surface area contributed by atoms with Gasteiger partial charge in [-0.1, -0.05) is 50.1 Å². The lowest BCUT2D eigenvalue weighted by molar-refractivity contribution is -0.198. The molecule has 2 fully saturated rings. The van der Waals surface area contributed by atoms with Crippen molar-refractivity contribution in [3.8, 4) is 0 Å². The fourth-order valence-electron chi connectivity index (χ4n) is 5.03. The summed E-state index contributed by atoms with van der Waals surface area (Å²) in [6.45, 7) is 3.53. The lowest BCUT2D eigenvalue weighted by Gasteiger charge is -2.30. The molecule has 2 unspecified atom stereocenters. The van der Waals surface area contributed by atoms with Gasteiger partial charge in [-0.2, -0.15) is 4.98 Å². The smallest absolute Gasteiger partial charge is 0.350 e. The van der Waals surface area contributed by atoms with Crippen molar-refractivity contribution in [3.05, 3.63) is 47.5 Å². The van der Waals surface area contributed by atoms with Gasteiger partial charge in [0.05, 0.1) is 12.9 Å². The number of aliphatic carboxylic acids is 1. The first-order valence-corrected chi connectivity index (χ1v) is 14.7. The monoisotopic (exact) mass is 608 g/mol. The molecule has 0 amide bonds. The normalized spacial score (nSPS) is 26.5.